The second-order valence-corrected chi connectivity index (χ2v) is 6.65. The first kappa shape index (κ1) is 19.5. The molecule has 2 aliphatic rings. The summed E-state index contributed by atoms with van der Waals surface area (Å²) in [6.45, 7) is 11.0. The van der Waals surface area contributed by atoms with Gasteiger partial charge < -0.3 is 25.0 Å². The van der Waals surface area contributed by atoms with E-state index in [-0.39, 0.29) is 0 Å². The fraction of sp³-hybridized carbons (Fsp3) is 0.944. The van der Waals surface area contributed by atoms with Gasteiger partial charge in [-0.3, -0.25) is 4.99 Å². The van der Waals surface area contributed by atoms with Crippen molar-refractivity contribution in [3.63, 3.8) is 0 Å². The molecule has 0 aromatic heterocycles. The quantitative estimate of drug-likeness (QED) is 0.340. The average molecular weight is 341 g/mol. The molecule has 0 aromatic carbocycles. The van der Waals surface area contributed by atoms with Crippen molar-refractivity contribution in [3.8, 4) is 0 Å². The highest BCUT2D eigenvalue weighted by molar-refractivity contribution is 5.79. The molecule has 1 atom stereocenters. The first-order valence-electron chi connectivity index (χ1n) is 9.82. The van der Waals surface area contributed by atoms with Gasteiger partial charge in [0.2, 0.25) is 0 Å². The molecule has 2 fully saturated rings. The summed E-state index contributed by atoms with van der Waals surface area (Å²) >= 11 is 0. The number of unbranched alkanes of at least 4 members (excludes halogenated alkanes) is 1. The molecule has 6 heteroatoms. The zero-order chi connectivity index (χ0) is 16.9. The van der Waals surface area contributed by atoms with Crippen molar-refractivity contribution in [1.82, 2.24) is 15.5 Å². The third kappa shape index (κ3) is 8.31. The minimum Gasteiger partial charge on any atom is -0.379 e. The molecule has 2 aliphatic heterocycles. The Kier molecular flexibility index (Phi) is 10.1. The summed E-state index contributed by atoms with van der Waals surface area (Å²) in [7, 11) is 0. The SMILES string of the molecule is CCNC(=NCCCOC1CCOC1)NCCCCN1CCCC1. The molecule has 2 saturated heterocycles. The number of likely N-dealkylation sites (tertiary alicyclic amines) is 1. The second-order valence-electron chi connectivity index (χ2n) is 6.65. The lowest BCUT2D eigenvalue weighted by Gasteiger charge is -2.15. The van der Waals surface area contributed by atoms with Gasteiger partial charge in [-0.1, -0.05) is 0 Å². The third-order valence-electron chi connectivity index (χ3n) is 4.55. The molecule has 140 valence electrons. The van der Waals surface area contributed by atoms with Gasteiger partial charge in [0.05, 0.1) is 12.7 Å². The van der Waals surface area contributed by atoms with Gasteiger partial charge in [0.25, 0.3) is 0 Å². The summed E-state index contributed by atoms with van der Waals surface area (Å²) in [5.41, 5.74) is 0. The first-order chi connectivity index (χ1) is 11.9. The van der Waals surface area contributed by atoms with Crippen molar-refractivity contribution >= 4 is 5.96 Å². The Labute approximate surface area is 147 Å². The van der Waals surface area contributed by atoms with Crippen LogP contribution in [0.1, 0.15) is 45.4 Å². The highest BCUT2D eigenvalue weighted by atomic mass is 16.5. The summed E-state index contributed by atoms with van der Waals surface area (Å²) in [6, 6.07) is 0. The molecule has 0 bridgehead atoms. The van der Waals surface area contributed by atoms with Crippen LogP contribution in [0.3, 0.4) is 0 Å². The fourth-order valence-corrected chi connectivity index (χ4v) is 3.16. The Bertz CT molecular complexity index is 340. The molecule has 0 aliphatic carbocycles. The van der Waals surface area contributed by atoms with Gasteiger partial charge in [0.1, 0.15) is 0 Å². The monoisotopic (exact) mass is 340 g/mol. The van der Waals surface area contributed by atoms with Crippen molar-refractivity contribution in [2.75, 3.05) is 59.1 Å². The smallest absolute Gasteiger partial charge is 0.191 e. The molecule has 6 nitrogen and oxygen atoms in total. The van der Waals surface area contributed by atoms with E-state index in [4.69, 9.17) is 9.47 Å². The zero-order valence-corrected chi connectivity index (χ0v) is 15.4. The number of nitrogens with one attached hydrogen (secondary N) is 2. The molecule has 0 radical (unpaired) electrons. The lowest BCUT2D eigenvalue weighted by Crippen LogP contribution is -2.38. The summed E-state index contributed by atoms with van der Waals surface area (Å²) in [5.74, 6) is 0.933. The third-order valence-corrected chi connectivity index (χ3v) is 4.55. The molecule has 1 unspecified atom stereocenters. The lowest BCUT2D eigenvalue weighted by atomic mass is 10.3. The number of nitrogens with zero attached hydrogens (tertiary/aromatic N) is 2. The molecule has 0 spiro atoms. The van der Waals surface area contributed by atoms with E-state index < -0.39 is 0 Å². The van der Waals surface area contributed by atoms with Crippen LogP contribution in [0, 0.1) is 0 Å². The van der Waals surface area contributed by atoms with E-state index in [0.29, 0.717) is 6.10 Å². The molecule has 2 N–H and O–H groups in total. The summed E-state index contributed by atoms with van der Waals surface area (Å²) in [4.78, 5) is 7.20. The molecule has 2 rings (SSSR count). The maximum absolute atomic E-state index is 5.77. The first-order valence-corrected chi connectivity index (χ1v) is 9.82. The van der Waals surface area contributed by atoms with E-state index in [9.17, 15) is 0 Å². The zero-order valence-electron chi connectivity index (χ0n) is 15.4. The molecular weight excluding hydrogens is 304 g/mol. The largest absolute Gasteiger partial charge is 0.379 e. The predicted molar refractivity (Wildman–Crippen MR) is 98.7 cm³/mol. The summed E-state index contributed by atoms with van der Waals surface area (Å²) in [6.07, 6.45) is 7.53. The number of hydrogen-bond donors (Lipinski definition) is 2. The standard InChI is InChI=1S/C18H36N4O2/c1-2-19-18(20-9-3-4-11-22-12-5-6-13-22)21-10-7-14-24-17-8-15-23-16-17/h17H,2-16H2,1H3,(H2,19,20,21). The van der Waals surface area contributed by atoms with E-state index in [2.05, 4.69) is 27.4 Å². The van der Waals surface area contributed by atoms with Crippen molar-refractivity contribution < 1.29 is 9.47 Å². The summed E-state index contributed by atoms with van der Waals surface area (Å²) < 4.78 is 11.1. The van der Waals surface area contributed by atoms with E-state index in [1.54, 1.807) is 0 Å². The Hall–Kier alpha value is -0.850. The Morgan fingerprint density at radius 1 is 1.21 bits per heavy atom. The lowest BCUT2D eigenvalue weighted by molar-refractivity contribution is 0.0424. The van der Waals surface area contributed by atoms with Crippen molar-refractivity contribution in [1.29, 1.82) is 0 Å². The molecule has 0 saturated carbocycles. The van der Waals surface area contributed by atoms with Gasteiger partial charge in [-0.05, 0) is 65.1 Å². The van der Waals surface area contributed by atoms with Crippen LogP contribution in [0.25, 0.3) is 0 Å². The van der Waals surface area contributed by atoms with E-state index in [0.717, 1.165) is 58.3 Å². The molecule has 24 heavy (non-hydrogen) atoms. The number of guanidine groups is 1. The predicted octanol–water partition coefficient (Wildman–Crippen LogP) is 1.61. The van der Waals surface area contributed by atoms with Crippen LogP contribution in [-0.2, 0) is 9.47 Å². The normalized spacial score (nSPS) is 22.2. The number of aliphatic imine (C=N–C) groups is 1. The minimum absolute atomic E-state index is 0.302. The molecule has 0 amide bonds. The van der Waals surface area contributed by atoms with Gasteiger partial charge in [-0.25, -0.2) is 0 Å². The van der Waals surface area contributed by atoms with Crippen LogP contribution in [0.15, 0.2) is 4.99 Å². The van der Waals surface area contributed by atoms with Gasteiger partial charge in [0.15, 0.2) is 5.96 Å². The van der Waals surface area contributed by atoms with Crippen molar-refractivity contribution in [3.05, 3.63) is 0 Å². The van der Waals surface area contributed by atoms with Crippen LogP contribution < -0.4 is 10.6 Å². The number of ether oxygens (including phenoxy) is 2. The molecular formula is C18H36N4O2. The van der Waals surface area contributed by atoms with E-state index in [1.807, 2.05) is 0 Å². The van der Waals surface area contributed by atoms with Crippen molar-refractivity contribution in [2.45, 2.75) is 51.6 Å². The number of rotatable bonds is 11. The minimum atomic E-state index is 0.302. The van der Waals surface area contributed by atoms with Crippen LogP contribution in [0.5, 0.6) is 0 Å². The molecule has 2 heterocycles. The van der Waals surface area contributed by atoms with Crippen molar-refractivity contribution in [2.24, 2.45) is 4.99 Å². The maximum Gasteiger partial charge on any atom is 0.191 e. The highest BCUT2D eigenvalue weighted by Gasteiger charge is 2.15. The van der Waals surface area contributed by atoms with E-state index in [1.165, 1.54) is 45.3 Å². The van der Waals surface area contributed by atoms with Crippen LogP contribution in [0.2, 0.25) is 0 Å². The fourth-order valence-electron chi connectivity index (χ4n) is 3.16. The molecule has 0 aromatic rings. The average Bonchev–Trinajstić information content (AvgIpc) is 3.27. The van der Waals surface area contributed by atoms with Gasteiger partial charge in [-0.2, -0.15) is 0 Å². The Morgan fingerprint density at radius 3 is 2.83 bits per heavy atom. The topological polar surface area (TPSA) is 58.1 Å². The van der Waals surface area contributed by atoms with Gasteiger partial charge in [0, 0.05) is 32.8 Å². The Balaban J connectivity index is 1.49. The van der Waals surface area contributed by atoms with Gasteiger partial charge in [-0.15, -0.1) is 0 Å². The highest BCUT2D eigenvalue weighted by Crippen LogP contribution is 2.08. The second kappa shape index (κ2) is 12.5. The van der Waals surface area contributed by atoms with Crippen LogP contribution in [-0.4, -0.2) is 76.1 Å². The van der Waals surface area contributed by atoms with Gasteiger partial charge >= 0.3 is 0 Å². The number of hydrogen-bond acceptors (Lipinski definition) is 4. The summed E-state index contributed by atoms with van der Waals surface area (Å²) in [5, 5.41) is 6.75. The van der Waals surface area contributed by atoms with Crippen LogP contribution in [0.4, 0.5) is 0 Å². The Morgan fingerprint density at radius 2 is 2.08 bits per heavy atom. The maximum atomic E-state index is 5.77. The van der Waals surface area contributed by atoms with E-state index >= 15 is 0 Å². The van der Waals surface area contributed by atoms with Crippen LogP contribution >= 0.6 is 0 Å².